The molecule has 0 heterocycles. The third-order valence-electron chi connectivity index (χ3n) is 1.75. The zero-order valence-electron chi connectivity index (χ0n) is 7.39. The molecule has 0 aliphatic carbocycles. The molecule has 0 radical (unpaired) electrons. The Morgan fingerprint density at radius 1 is 1.17 bits per heavy atom. The maximum atomic E-state index is 5.70. The van der Waals surface area contributed by atoms with E-state index in [0.717, 1.165) is 5.75 Å². The van der Waals surface area contributed by atoms with Gasteiger partial charge in [0.25, 0.3) is 0 Å². The molecule has 0 aromatic rings. The summed E-state index contributed by atoms with van der Waals surface area (Å²) in [5.41, 5.74) is 0. The molecule has 0 aliphatic rings. The van der Waals surface area contributed by atoms with Gasteiger partial charge in [0, 0.05) is 11.0 Å². The molecule has 0 saturated carbocycles. The van der Waals surface area contributed by atoms with E-state index < -0.39 is 0 Å². The fraction of sp³-hybridized carbons (Fsp3) is 1.00. The van der Waals surface area contributed by atoms with Gasteiger partial charge in [0.1, 0.15) is 0 Å². The van der Waals surface area contributed by atoms with Gasteiger partial charge in [-0.1, -0.05) is 54.6 Å². The quantitative estimate of drug-likeness (QED) is 0.547. The van der Waals surface area contributed by atoms with Crippen molar-refractivity contribution in [2.24, 2.45) is 0 Å². The Kier molecular flexibility index (Phi) is 11.5. The molecule has 74 valence electrons. The summed E-state index contributed by atoms with van der Waals surface area (Å²) in [5, 5.41) is 0.533. The predicted octanol–water partition coefficient (Wildman–Crippen LogP) is 5.10. The van der Waals surface area contributed by atoms with Crippen molar-refractivity contribution in [3.05, 3.63) is 0 Å². The third kappa shape index (κ3) is 7.90. The summed E-state index contributed by atoms with van der Waals surface area (Å²) in [7, 11) is 14.0. The first kappa shape index (κ1) is 13.3. The van der Waals surface area contributed by atoms with Crippen LogP contribution in [0, 0.1) is 0 Å². The van der Waals surface area contributed by atoms with Gasteiger partial charge in [-0.25, -0.2) is 0 Å². The monoisotopic (exact) mass is 246 g/mol. The summed E-state index contributed by atoms with van der Waals surface area (Å²) >= 11 is 0. The van der Waals surface area contributed by atoms with Crippen LogP contribution in [-0.2, 0) is 0 Å². The van der Waals surface area contributed by atoms with Gasteiger partial charge in [-0.2, -0.15) is 0 Å². The normalized spacial score (nSPS) is 13.2. The zero-order chi connectivity index (χ0) is 9.23. The highest BCUT2D eigenvalue weighted by molar-refractivity contribution is 8.24. The molecular weight excluding hydrogens is 231 g/mol. The topological polar surface area (TPSA) is 0 Å². The molecule has 1 unspecified atom stereocenters. The standard InChI is InChI=1S/C8H16Cl2S2/c1-2-3-4-5-6-8(12-10)7-11-9/h8H,2-7H2,1H3. The van der Waals surface area contributed by atoms with Gasteiger partial charge in [0.05, 0.1) is 0 Å². The van der Waals surface area contributed by atoms with Crippen LogP contribution >= 0.6 is 43.3 Å². The Morgan fingerprint density at radius 3 is 2.42 bits per heavy atom. The SMILES string of the molecule is CCCCCCC(CSCl)SCl. The van der Waals surface area contributed by atoms with Crippen LogP contribution in [0.4, 0.5) is 0 Å². The molecule has 0 rings (SSSR count). The summed E-state index contributed by atoms with van der Waals surface area (Å²) in [6, 6.07) is 0. The van der Waals surface area contributed by atoms with Crippen molar-refractivity contribution in [1.82, 2.24) is 0 Å². The van der Waals surface area contributed by atoms with E-state index in [0.29, 0.717) is 5.25 Å². The second-order valence-corrected chi connectivity index (χ2v) is 5.42. The summed E-state index contributed by atoms with van der Waals surface area (Å²) in [6.45, 7) is 2.22. The lowest BCUT2D eigenvalue weighted by Gasteiger charge is -2.09. The van der Waals surface area contributed by atoms with Gasteiger partial charge < -0.3 is 0 Å². The van der Waals surface area contributed by atoms with Crippen LogP contribution in [0.2, 0.25) is 0 Å². The van der Waals surface area contributed by atoms with Gasteiger partial charge in [-0.05, 0) is 27.8 Å². The van der Waals surface area contributed by atoms with Crippen molar-refractivity contribution in [2.45, 2.75) is 44.3 Å². The highest BCUT2D eigenvalue weighted by Gasteiger charge is 2.06. The van der Waals surface area contributed by atoms with E-state index in [1.165, 1.54) is 54.1 Å². The van der Waals surface area contributed by atoms with Crippen LogP contribution in [0.3, 0.4) is 0 Å². The molecule has 0 spiro atoms. The van der Waals surface area contributed by atoms with Crippen LogP contribution in [-0.4, -0.2) is 11.0 Å². The first-order valence-electron chi connectivity index (χ1n) is 4.36. The van der Waals surface area contributed by atoms with E-state index in [2.05, 4.69) is 6.92 Å². The summed E-state index contributed by atoms with van der Waals surface area (Å²) in [6.07, 6.45) is 6.46. The van der Waals surface area contributed by atoms with Gasteiger partial charge in [-0.15, -0.1) is 0 Å². The Bertz CT molecular complexity index is 91.1. The molecule has 0 aliphatic heterocycles. The molecule has 0 N–H and O–H groups in total. The number of rotatable bonds is 8. The minimum Gasteiger partial charge on any atom is -0.0654 e. The summed E-state index contributed by atoms with van der Waals surface area (Å²) < 4.78 is 0. The Labute approximate surface area is 93.2 Å². The van der Waals surface area contributed by atoms with Crippen molar-refractivity contribution in [3.63, 3.8) is 0 Å². The maximum Gasteiger partial charge on any atom is 0.0302 e. The fourth-order valence-electron chi connectivity index (χ4n) is 1.02. The molecule has 0 bridgehead atoms. The van der Waals surface area contributed by atoms with Crippen molar-refractivity contribution in [1.29, 1.82) is 0 Å². The Balaban J connectivity index is 3.19. The van der Waals surface area contributed by atoms with Crippen LogP contribution in [0.25, 0.3) is 0 Å². The Hall–Kier alpha value is 1.28. The highest BCUT2D eigenvalue weighted by atomic mass is 35.7. The van der Waals surface area contributed by atoms with Gasteiger partial charge in [-0.3, -0.25) is 0 Å². The molecule has 0 aromatic carbocycles. The van der Waals surface area contributed by atoms with Gasteiger partial charge in [0.2, 0.25) is 0 Å². The van der Waals surface area contributed by atoms with E-state index >= 15 is 0 Å². The number of hydrogen-bond acceptors (Lipinski definition) is 2. The number of unbranched alkanes of at least 4 members (excludes halogenated alkanes) is 3. The van der Waals surface area contributed by atoms with E-state index in [-0.39, 0.29) is 0 Å². The molecular formula is C8H16Cl2S2. The lowest BCUT2D eigenvalue weighted by atomic mass is 10.1. The molecule has 0 nitrogen and oxygen atoms in total. The first-order valence-corrected chi connectivity index (χ1v) is 7.87. The average molecular weight is 247 g/mol. The predicted molar refractivity (Wildman–Crippen MR) is 64.3 cm³/mol. The third-order valence-corrected chi connectivity index (χ3v) is 4.28. The van der Waals surface area contributed by atoms with E-state index in [1.807, 2.05) is 0 Å². The minimum atomic E-state index is 0.533. The van der Waals surface area contributed by atoms with Crippen LogP contribution in [0.5, 0.6) is 0 Å². The summed E-state index contributed by atoms with van der Waals surface area (Å²) in [5.74, 6) is 0.960. The zero-order valence-corrected chi connectivity index (χ0v) is 10.5. The fourth-order valence-corrected chi connectivity index (χ4v) is 3.41. The van der Waals surface area contributed by atoms with Gasteiger partial charge >= 0.3 is 0 Å². The molecule has 1 atom stereocenters. The first-order chi connectivity index (χ1) is 5.85. The van der Waals surface area contributed by atoms with Crippen LogP contribution < -0.4 is 0 Å². The smallest absolute Gasteiger partial charge is 0.0302 e. The van der Waals surface area contributed by atoms with Crippen LogP contribution in [0.15, 0.2) is 0 Å². The maximum absolute atomic E-state index is 5.70. The Morgan fingerprint density at radius 2 is 1.92 bits per heavy atom. The van der Waals surface area contributed by atoms with Crippen molar-refractivity contribution < 1.29 is 0 Å². The minimum absolute atomic E-state index is 0.533. The molecule has 0 aromatic heterocycles. The average Bonchev–Trinajstić information content (AvgIpc) is 2.10. The molecule has 4 heteroatoms. The largest absolute Gasteiger partial charge is 0.0654 e. The van der Waals surface area contributed by atoms with Crippen molar-refractivity contribution in [2.75, 3.05) is 5.75 Å². The second kappa shape index (κ2) is 10.4. The molecule has 12 heavy (non-hydrogen) atoms. The second-order valence-electron chi connectivity index (χ2n) is 2.84. The molecule has 0 saturated heterocycles. The molecule has 0 amide bonds. The highest BCUT2D eigenvalue weighted by Crippen LogP contribution is 2.26. The number of hydrogen-bond donors (Lipinski definition) is 0. The summed E-state index contributed by atoms with van der Waals surface area (Å²) in [4.78, 5) is 0. The van der Waals surface area contributed by atoms with Crippen LogP contribution in [0.1, 0.15) is 39.0 Å². The lowest BCUT2D eigenvalue weighted by Crippen LogP contribution is -2.02. The van der Waals surface area contributed by atoms with E-state index in [1.54, 1.807) is 0 Å². The van der Waals surface area contributed by atoms with Crippen molar-refractivity contribution >= 4 is 43.3 Å². The molecule has 0 fully saturated rings. The van der Waals surface area contributed by atoms with E-state index in [9.17, 15) is 0 Å². The van der Waals surface area contributed by atoms with E-state index in [4.69, 9.17) is 21.4 Å². The van der Waals surface area contributed by atoms with Gasteiger partial charge in [0.15, 0.2) is 0 Å². The van der Waals surface area contributed by atoms with Crippen molar-refractivity contribution in [3.8, 4) is 0 Å². The number of halogens is 2. The lowest BCUT2D eigenvalue weighted by molar-refractivity contribution is 0.633.